The molecule has 2 aromatic carbocycles. The van der Waals surface area contributed by atoms with Crippen molar-refractivity contribution in [1.29, 1.82) is 0 Å². The minimum Gasteiger partial charge on any atom is -0.497 e. The third-order valence-corrected chi connectivity index (χ3v) is 2.94. The Morgan fingerprint density at radius 3 is 2.28 bits per heavy atom. The molecule has 0 saturated carbocycles. The van der Waals surface area contributed by atoms with E-state index in [1.807, 2.05) is 0 Å². The Balaban J connectivity index is 2.32. The number of benzene rings is 2. The lowest BCUT2D eigenvalue weighted by Gasteiger charge is -2.05. The van der Waals surface area contributed by atoms with Crippen molar-refractivity contribution in [2.75, 3.05) is 12.8 Å². The van der Waals surface area contributed by atoms with Crippen molar-refractivity contribution in [3.63, 3.8) is 0 Å². The molecular weight excluding hydrogens is 250 g/mol. The van der Waals surface area contributed by atoms with Gasteiger partial charge in [0.2, 0.25) is 0 Å². The molecule has 2 rings (SSSR count). The van der Waals surface area contributed by atoms with E-state index in [0.29, 0.717) is 27.6 Å². The molecule has 0 unspecified atom stereocenters. The molecule has 3 nitrogen and oxygen atoms in total. The molecule has 18 heavy (non-hydrogen) atoms. The van der Waals surface area contributed by atoms with Gasteiger partial charge in [-0.25, -0.2) is 0 Å². The normalized spacial score (nSPS) is 10.1. The van der Waals surface area contributed by atoms with Crippen molar-refractivity contribution in [2.45, 2.75) is 0 Å². The number of anilines is 1. The number of nitrogens with two attached hydrogens (primary N) is 1. The van der Waals surface area contributed by atoms with Crippen LogP contribution in [0.2, 0.25) is 5.02 Å². The van der Waals surface area contributed by atoms with Crippen LogP contribution in [0, 0.1) is 0 Å². The molecule has 0 saturated heterocycles. The molecule has 0 heterocycles. The largest absolute Gasteiger partial charge is 0.497 e. The Labute approximate surface area is 110 Å². The number of hydrogen-bond donors (Lipinski definition) is 1. The number of methoxy groups -OCH3 is 1. The van der Waals surface area contributed by atoms with E-state index in [2.05, 4.69) is 0 Å². The summed E-state index contributed by atoms with van der Waals surface area (Å²) in [5.41, 5.74) is 7.16. The van der Waals surface area contributed by atoms with Gasteiger partial charge in [-0.1, -0.05) is 11.6 Å². The summed E-state index contributed by atoms with van der Waals surface area (Å²) < 4.78 is 5.04. The molecule has 0 amide bonds. The lowest BCUT2D eigenvalue weighted by Crippen LogP contribution is -2.01. The Kier molecular flexibility index (Phi) is 3.53. The molecule has 2 aromatic rings. The Morgan fingerprint density at radius 1 is 1.11 bits per heavy atom. The number of carbonyl (C=O) groups is 1. The molecule has 0 radical (unpaired) electrons. The van der Waals surface area contributed by atoms with Crippen molar-refractivity contribution in [2.24, 2.45) is 0 Å². The third-order valence-electron chi connectivity index (χ3n) is 2.61. The molecule has 0 aliphatic heterocycles. The van der Waals surface area contributed by atoms with Gasteiger partial charge in [0.25, 0.3) is 0 Å². The number of ketones is 1. The summed E-state index contributed by atoms with van der Waals surface area (Å²) in [6.07, 6.45) is 0. The minimum absolute atomic E-state index is 0.0976. The molecule has 0 atom stereocenters. The van der Waals surface area contributed by atoms with Gasteiger partial charge in [-0.3, -0.25) is 4.79 Å². The third kappa shape index (κ3) is 2.46. The van der Waals surface area contributed by atoms with Crippen LogP contribution in [0.3, 0.4) is 0 Å². The van der Waals surface area contributed by atoms with Crippen LogP contribution in [-0.2, 0) is 0 Å². The second kappa shape index (κ2) is 5.10. The fourth-order valence-corrected chi connectivity index (χ4v) is 1.76. The zero-order valence-corrected chi connectivity index (χ0v) is 10.6. The minimum atomic E-state index is -0.0976. The zero-order chi connectivity index (χ0) is 13.1. The summed E-state index contributed by atoms with van der Waals surface area (Å²) in [4.78, 5) is 12.2. The van der Waals surface area contributed by atoms with Crippen LogP contribution >= 0.6 is 11.6 Å². The fourth-order valence-electron chi connectivity index (χ4n) is 1.58. The first-order chi connectivity index (χ1) is 8.61. The van der Waals surface area contributed by atoms with Gasteiger partial charge in [0.15, 0.2) is 5.78 Å². The summed E-state index contributed by atoms with van der Waals surface area (Å²) in [7, 11) is 1.58. The first kappa shape index (κ1) is 12.5. The van der Waals surface area contributed by atoms with E-state index in [4.69, 9.17) is 22.1 Å². The van der Waals surface area contributed by atoms with Crippen molar-refractivity contribution >= 4 is 23.1 Å². The second-order valence-electron chi connectivity index (χ2n) is 3.79. The molecule has 0 fully saturated rings. The highest BCUT2D eigenvalue weighted by Crippen LogP contribution is 2.22. The van der Waals surface area contributed by atoms with Gasteiger partial charge in [-0.05, 0) is 42.5 Å². The molecule has 0 bridgehead atoms. The van der Waals surface area contributed by atoms with Crippen LogP contribution in [0.1, 0.15) is 15.9 Å². The highest BCUT2D eigenvalue weighted by atomic mass is 35.5. The summed E-state index contributed by atoms with van der Waals surface area (Å²) in [6.45, 7) is 0. The van der Waals surface area contributed by atoms with Crippen LogP contribution < -0.4 is 10.5 Å². The van der Waals surface area contributed by atoms with Crippen molar-refractivity contribution in [1.82, 2.24) is 0 Å². The van der Waals surface area contributed by atoms with Gasteiger partial charge in [-0.2, -0.15) is 0 Å². The Bertz CT molecular complexity index is 579. The Hall–Kier alpha value is -2.00. The number of nitrogen functional groups attached to an aromatic ring is 1. The molecule has 0 aliphatic rings. The maximum atomic E-state index is 12.2. The predicted octanol–water partition coefficient (Wildman–Crippen LogP) is 3.16. The van der Waals surface area contributed by atoms with Gasteiger partial charge in [0.1, 0.15) is 5.75 Å². The average molecular weight is 262 g/mol. The van der Waals surface area contributed by atoms with Gasteiger partial charge >= 0.3 is 0 Å². The molecule has 0 spiro atoms. The number of halogens is 1. The SMILES string of the molecule is COc1ccc(C(=O)c2ccc(N)c(Cl)c2)cc1. The van der Waals surface area contributed by atoms with Crippen molar-refractivity contribution < 1.29 is 9.53 Å². The topological polar surface area (TPSA) is 52.3 Å². The van der Waals surface area contributed by atoms with E-state index >= 15 is 0 Å². The zero-order valence-electron chi connectivity index (χ0n) is 9.81. The van der Waals surface area contributed by atoms with Gasteiger partial charge in [-0.15, -0.1) is 0 Å². The quantitative estimate of drug-likeness (QED) is 0.682. The summed E-state index contributed by atoms with van der Waals surface area (Å²) >= 11 is 5.90. The summed E-state index contributed by atoms with van der Waals surface area (Å²) in [6, 6.07) is 11.8. The molecule has 0 aliphatic carbocycles. The average Bonchev–Trinajstić information content (AvgIpc) is 2.41. The van der Waals surface area contributed by atoms with Crippen LogP contribution in [-0.4, -0.2) is 12.9 Å². The van der Waals surface area contributed by atoms with Gasteiger partial charge in [0.05, 0.1) is 17.8 Å². The van der Waals surface area contributed by atoms with E-state index in [-0.39, 0.29) is 5.78 Å². The van der Waals surface area contributed by atoms with Crippen LogP contribution in [0.25, 0.3) is 0 Å². The maximum absolute atomic E-state index is 12.2. The highest BCUT2D eigenvalue weighted by molar-refractivity contribution is 6.33. The fraction of sp³-hybridized carbons (Fsp3) is 0.0714. The molecule has 4 heteroatoms. The summed E-state index contributed by atoms with van der Waals surface area (Å²) in [5.74, 6) is 0.612. The van der Waals surface area contributed by atoms with E-state index in [0.717, 1.165) is 0 Å². The maximum Gasteiger partial charge on any atom is 0.193 e. The lowest BCUT2D eigenvalue weighted by atomic mass is 10.0. The van der Waals surface area contributed by atoms with E-state index in [1.54, 1.807) is 49.6 Å². The van der Waals surface area contributed by atoms with Crippen LogP contribution in [0.5, 0.6) is 5.75 Å². The smallest absolute Gasteiger partial charge is 0.193 e. The first-order valence-electron chi connectivity index (χ1n) is 5.35. The number of hydrogen-bond acceptors (Lipinski definition) is 3. The first-order valence-corrected chi connectivity index (χ1v) is 5.73. The van der Waals surface area contributed by atoms with Crippen LogP contribution in [0.15, 0.2) is 42.5 Å². The number of carbonyl (C=O) groups excluding carboxylic acids is 1. The number of rotatable bonds is 3. The molecule has 92 valence electrons. The highest BCUT2D eigenvalue weighted by Gasteiger charge is 2.10. The molecule has 2 N–H and O–H groups in total. The van der Waals surface area contributed by atoms with Crippen molar-refractivity contribution in [3.05, 3.63) is 58.6 Å². The second-order valence-corrected chi connectivity index (χ2v) is 4.20. The molecular formula is C14H12ClNO2. The Morgan fingerprint density at radius 2 is 1.72 bits per heavy atom. The van der Waals surface area contributed by atoms with E-state index < -0.39 is 0 Å². The predicted molar refractivity (Wildman–Crippen MR) is 72.3 cm³/mol. The lowest BCUT2D eigenvalue weighted by molar-refractivity contribution is 0.103. The molecule has 0 aromatic heterocycles. The van der Waals surface area contributed by atoms with Gasteiger partial charge in [0, 0.05) is 11.1 Å². The number of ether oxygens (including phenoxy) is 1. The standard InChI is InChI=1S/C14H12ClNO2/c1-18-11-5-2-9(3-6-11)14(17)10-4-7-13(16)12(15)8-10/h2-8H,16H2,1H3. The van der Waals surface area contributed by atoms with E-state index in [1.165, 1.54) is 0 Å². The summed E-state index contributed by atoms with van der Waals surface area (Å²) in [5, 5.41) is 0.384. The van der Waals surface area contributed by atoms with E-state index in [9.17, 15) is 4.79 Å². The van der Waals surface area contributed by atoms with Crippen LogP contribution in [0.4, 0.5) is 5.69 Å². The van der Waals surface area contributed by atoms with Gasteiger partial charge < -0.3 is 10.5 Å². The monoisotopic (exact) mass is 261 g/mol. The van der Waals surface area contributed by atoms with Crippen molar-refractivity contribution in [3.8, 4) is 5.75 Å².